The lowest BCUT2D eigenvalue weighted by atomic mass is 9.95. The van der Waals surface area contributed by atoms with E-state index in [1.165, 1.54) is 13.2 Å². The van der Waals surface area contributed by atoms with E-state index in [2.05, 4.69) is 0 Å². The SMILES string of the molecule is COc1cc2c(c3oc4cccc(O)c4c(=O)c13)[C@H]1CC(O)O[C@H]1O2. The molecule has 1 unspecified atom stereocenters. The number of hydrogen-bond acceptors (Lipinski definition) is 7. The molecular weight excluding hydrogens is 328 g/mol. The van der Waals surface area contributed by atoms with Crippen LogP contribution in [0.2, 0.25) is 0 Å². The number of hydrogen-bond donors (Lipinski definition) is 2. The molecule has 3 heterocycles. The Morgan fingerprint density at radius 1 is 1.28 bits per heavy atom. The third-order valence-corrected chi connectivity index (χ3v) is 4.83. The number of ether oxygens (including phenoxy) is 3. The average molecular weight is 342 g/mol. The summed E-state index contributed by atoms with van der Waals surface area (Å²) in [7, 11) is 1.45. The Hall–Kier alpha value is -2.77. The molecule has 0 spiro atoms. The van der Waals surface area contributed by atoms with Crippen LogP contribution in [-0.2, 0) is 4.74 Å². The Bertz CT molecular complexity index is 1080. The number of phenolic OH excluding ortho intramolecular Hbond substituents is 1. The Morgan fingerprint density at radius 3 is 2.92 bits per heavy atom. The van der Waals surface area contributed by atoms with Crippen LogP contribution >= 0.6 is 0 Å². The van der Waals surface area contributed by atoms with Crippen LogP contribution < -0.4 is 14.9 Å². The minimum atomic E-state index is -0.920. The van der Waals surface area contributed by atoms with Gasteiger partial charge in [0, 0.05) is 18.1 Å². The van der Waals surface area contributed by atoms with E-state index in [0.717, 1.165) is 0 Å². The van der Waals surface area contributed by atoms with E-state index in [-0.39, 0.29) is 33.5 Å². The van der Waals surface area contributed by atoms with Crippen molar-refractivity contribution in [3.8, 4) is 17.2 Å². The van der Waals surface area contributed by atoms with Crippen molar-refractivity contribution in [2.75, 3.05) is 7.11 Å². The molecule has 2 aliphatic rings. The summed E-state index contributed by atoms with van der Waals surface area (Å²) in [4.78, 5) is 13.0. The van der Waals surface area contributed by atoms with Gasteiger partial charge in [0.1, 0.15) is 39.2 Å². The highest BCUT2D eigenvalue weighted by Gasteiger charge is 2.46. The molecule has 25 heavy (non-hydrogen) atoms. The third kappa shape index (κ3) is 1.85. The fourth-order valence-corrected chi connectivity index (χ4v) is 3.75. The largest absolute Gasteiger partial charge is 0.507 e. The summed E-state index contributed by atoms with van der Waals surface area (Å²) < 4.78 is 22.4. The number of fused-ring (bicyclic) bond motifs is 6. The monoisotopic (exact) mass is 342 g/mol. The highest BCUT2D eigenvalue weighted by atomic mass is 16.7. The predicted octanol–water partition coefficient (Wildman–Crippen LogP) is 2.20. The van der Waals surface area contributed by atoms with Crippen molar-refractivity contribution in [3.63, 3.8) is 0 Å². The molecule has 7 heteroatoms. The number of aromatic hydroxyl groups is 1. The highest BCUT2D eigenvalue weighted by molar-refractivity contribution is 5.98. The second-order valence-electron chi connectivity index (χ2n) is 6.20. The molecule has 128 valence electrons. The molecule has 5 rings (SSSR count). The van der Waals surface area contributed by atoms with E-state index in [0.29, 0.717) is 29.1 Å². The van der Waals surface area contributed by atoms with Crippen molar-refractivity contribution in [1.82, 2.24) is 0 Å². The predicted molar refractivity (Wildman–Crippen MR) is 87.1 cm³/mol. The molecule has 3 aromatic rings. The second-order valence-corrected chi connectivity index (χ2v) is 6.20. The van der Waals surface area contributed by atoms with Crippen LogP contribution in [0, 0.1) is 0 Å². The van der Waals surface area contributed by atoms with Gasteiger partial charge in [0.25, 0.3) is 0 Å². The lowest BCUT2D eigenvalue weighted by Gasteiger charge is -2.12. The number of aliphatic hydroxyl groups excluding tert-OH is 1. The summed E-state index contributed by atoms with van der Waals surface area (Å²) in [6, 6.07) is 6.28. The van der Waals surface area contributed by atoms with E-state index in [9.17, 15) is 15.0 Å². The van der Waals surface area contributed by atoms with Crippen LogP contribution in [0.25, 0.3) is 21.9 Å². The summed E-state index contributed by atoms with van der Waals surface area (Å²) >= 11 is 0. The van der Waals surface area contributed by atoms with Gasteiger partial charge < -0.3 is 28.8 Å². The maximum Gasteiger partial charge on any atom is 0.209 e. The summed E-state index contributed by atoms with van der Waals surface area (Å²) in [6.45, 7) is 0. The van der Waals surface area contributed by atoms with Gasteiger partial charge in [-0.25, -0.2) is 0 Å². The Labute approximate surface area is 141 Å². The maximum absolute atomic E-state index is 13.0. The fourth-order valence-electron chi connectivity index (χ4n) is 3.75. The highest BCUT2D eigenvalue weighted by Crippen LogP contribution is 2.51. The van der Waals surface area contributed by atoms with Crippen molar-refractivity contribution in [1.29, 1.82) is 0 Å². The molecule has 2 N–H and O–H groups in total. The third-order valence-electron chi connectivity index (χ3n) is 4.83. The molecule has 1 fully saturated rings. The standard InChI is InChI=1S/C18H14O7/c1-22-10-6-11-13(7-5-12(20)25-18(7)24-11)17-15(10)16(21)14-8(19)3-2-4-9(14)23-17/h2-4,6-7,12,18-20H,5H2,1H3/t7-,12?,18-/m1/s1. The molecule has 0 aliphatic carbocycles. The second kappa shape index (κ2) is 4.87. The lowest BCUT2D eigenvalue weighted by molar-refractivity contribution is -0.147. The van der Waals surface area contributed by atoms with Crippen LogP contribution in [0.15, 0.2) is 33.5 Å². The molecule has 0 bridgehead atoms. The average Bonchev–Trinajstić information content (AvgIpc) is 3.09. The van der Waals surface area contributed by atoms with E-state index in [4.69, 9.17) is 18.6 Å². The molecule has 2 aliphatic heterocycles. The van der Waals surface area contributed by atoms with E-state index >= 15 is 0 Å². The molecular formula is C18H14O7. The van der Waals surface area contributed by atoms with Gasteiger partial charge in [0.05, 0.1) is 13.0 Å². The van der Waals surface area contributed by atoms with Gasteiger partial charge in [-0.1, -0.05) is 6.07 Å². The van der Waals surface area contributed by atoms with Crippen LogP contribution in [0.3, 0.4) is 0 Å². The van der Waals surface area contributed by atoms with Crippen LogP contribution in [0.5, 0.6) is 17.2 Å². The van der Waals surface area contributed by atoms with Crippen LogP contribution in [0.4, 0.5) is 0 Å². The Morgan fingerprint density at radius 2 is 2.12 bits per heavy atom. The molecule has 1 aromatic heterocycles. The Kier molecular flexibility index (Phi) is 2.84. The molecule has 7 nitrogen and oxygen atoms in total. The number of phenols is 1. The normalized spacial score (nSPS) is 24.3. The van der Waals surface area contributed by atoms with Crippen LogP contribution in [-0.4, -0.2) is 29.9 Å². The molecule has 3 atom stereocenters. The van der Waals surface area contributed by atoms with Gasteiger partial charge in [-0.2, -0.15) is 0 Å². The summed E-state index contributed by atoms with van der Waals surface area (Å²) in [6.07, 6.45) is -1.19. The van der Waals surface area contributed by atoms with Gasteiger partial charge in [-0.15, -0.1) is 0 Å². The maximum atomic E-state index is 13.0. The minimum absolute atomic E-state index is 0.103. The summed E-state index contributed by atoms with van der Waals surface area (Å²) in [5.74, 6) is 0.419. The number of methoxy groups -OCH3 is 1. The smallest absolute Gasteiger partial charge is 0.209 e. The van der Waals surface area contributed by atoms with Gasteiger partial charge in [0.2, 0.25) is 11.7 Å². The van der Waals surface area contributed by atoms with E-state index in [1.54, 1.807) is 18.2 Å². The molecule has 0 radical (unpaired) electrons. The zero-order chi connectivity index (χ0) is 17.3. The van der Waals surface area contributed by atoms with E-state index in [1.807, 2.05) is 0 Å². The van der Waals surface area contributed by atoms with Crippen molar-refractivity contribution in [3.05, 3.63) is 40.1 Å². The zero-order valence-electron chi connectivity index (χ0n) is 13.2. The first-order valence-corrected chi connectivity index (χ1v) is 7.88. The number of rotatable bonds is 1. The van der Waals surface area contributed by atoms with Crippen molar-refractivity contribution in [2.24, 2.45) is 0 Å². The number of aliphatic hydroxyl groups is 1. The minimum Gasteiger partial charge on any atom is -0.507 e. The van der Waals surface area contributed by atoms with Gasteiger partial charge in [0.15, 0.2) is 6.29 Å². The fraction of sp³-hybridized carbons (Fsp3) is 0.278. The summed E-state index contributed by atoms with van der Waals surface area (Å²) in [5.41, 5.74) is 0.912. The van der Waals surface area contributed by atoms with Crippen molar-refractivity contribution >= 4 is 21.9 Å². The topological polar surface area (TPSA) is 98.4 Å². The quantitative estimate of drug-likeness (QED) is 0.654. The molecule has 0 amide bonds. The zero-order valence-corrected chi connectivity index (χ0v) is 13.2. The van der Waals surface area contributed by atoms with Gasteiger partial charge in [-0.3, -0.25) is 4.79 Å². The lowest BCUT2D eigenvalue weighted by Crippen LogP contribution is -2.16. The molecule has 1 saturated heterocycles. The first kappa shape index (κ1) is 14.6. The first-order valence-electron chi connectivity index (χ1n) is 7.88. The van der Waals surface area contributed by atoms with Crippen LogP contribution in [0.1, 0.15) is 17.9 Å². The number of benzene rings is 2. The van der Waals surface area contributed by atoms with Gasteiger partial charge in [-0.05, 0) is 12.1 Å². The molecule has 0 saturated carbocycles. The summed E-state index contributed by atoms with van der Waals surface area (Å²) in [5, 5.41) is 20.2. The van der Waals surface area contributed by atoms with Crippen molar-refractivity contribution < 1.29 is 28.8 Å². The first-order chi connectivity index (χ1) is 12.1. The van der Waals surface area contributed by atoms with Gasteiger partial charge >= 0.3 is 0 Å². The molecule has 2 aromatic carbocycles. The van der Waals surface area contributed by atoms with E-state index < -0.39 is 12.6 Å². The Balaban J connectivity index is 1.93. The van der Waals surface area contributed by atoms with Crippen molar-refractivity contribution in [2.45, 2.75) is 24.9 Å².